The van der Waals surface area contributed by atoms with Crippen LogP contribution < -0.4 is 15.8 Å². The molecule has 0 aromatic heterocycles. The highest BCUT2D eigenvalue weighted by Crippen LogP contribution is 2.68. The van der Waals surface area contributed by atoms with Gasteiger partial charge in [0.15, 0.2) is 0 Å². The van der Waals surface area contributed by atoms with E-state index < -0.39 is 0 Å². The molecule has 1 aliphatic heterocycles. The van der Waals surface area contributed by atoms with Crippen LogP contribution in [0.4, 0.5) is 11.4 Å². The van der Waals surface area contributed by atoms with Gasteiger partial charge in [-0.25, -0.2) is 5.84 Å². The van der Waals surface area contributed by atoms with Crippen LogP contribution in [0, 0.1) is 6.54 Å². The Bertz CT molecular complexity index is 952. The zero-order valence-electron chi connectivity index (χ0n) is 15.7. The van der Waals surface area contributed by atoms with E-state index in [0.29, 0.717) is 0 Å². The van der Waals surface area contributed by atoms with Crippen molar-refractivity contribution in [2.45, 2.75) is 19.3 Å². The molecule has 3 aromatic rings. The standard InChI is InChI=1S/C24H23N3/c1-3-26(4-2)20-15-17-16-27(25)23(17)22-21(20)24(22,18-11-7-5-8-12-18)19-13-9-6-10-14-19/h5-15H,3-4,25H2,1-2H3. The van der Waals surface area contributed by atoms with Gasteiger partial charge < -0.3 is 4.90 Å². The van der Waals surface area contributed by atoms with E-state index >= 15 is 0 Å². The Kier molecular flexibility index (Phi) is 3.56. The van der Waals surface area contributed by atoms with Crippen LogP contribution in [0.25, 0.3) is 0 Å². The molecule has 0 bridgehead atoms. The van der Waals surface area contributed by atoms with Crippen LogP contribution in [-0.4, -0.2) is 13.1 Å². The maximum absolute atomic E-state index is 6.20. The fourth-order valence-corrected chi connectivity index (χ4v) is 4.71. The highest BCUT2D eigenvalue weighted by Gasteiger charge is 2.59. The molecule has 1 heterocycles. The number of hydrazine groups is 1. The minimum Gasteiger partial charge on any atom is -0.372 e. The lowest BCUT2D eigenvalue weighted by molar-refractivity contribution is 0.850. The van der Waals surface area contributed by atoms with Crippen molar-refractivity contribution >= 4 is 11.4 Å². The molecule has 3 nitrogen and oxygen atoms in total. The molecule has 0 amide bonds. The van der Waals surface area contributed by atoms with Gasteiger partial charge in [0.05, 0.1) is 11.1 Å². The van der Waals surface area contributed by atoms with Crippen molar-refractivity contribution < 1.29 is 0 Å². The lowest BCUT2D eigenvalue weighted by atomic mass is 9.83. The first-order chi connectivity index (χ1) is 13.2. The summed E-state index contributed by atoms with van der Waals surface area (Å²) in [5.41, 5.74) is 8.64. The predicted molar refractivity (Wildman–Crippen MR) is 111 cm³/mol. The number of hydrogen-bond acceptors (Lipinski definition) is 3. The molecule has 0 unspecified atom stereocenters. The SMILES string of the molecule is CCN(CC)c1cc2c(c3c1C3(c1ccccc1)c1ccccc1)N(N)[C]2. The number of nitrogens with two attached hydrogens (primary N) is 1. The Morgan fingerprint density at radius 3 is 1.93 bits per heavy atom. The molecule has 27 heavy (non-hydrogen) atoms. The molecule has 5 rings (SSSR count). The van der Waals surface area contributed by atoms with Crippen molar-refractivity contribution in [1.82, 2.24) is 0 Å². The number of rotatable bonds is 5. The summed E-state index contributed by atoms with van der Waals surface area (Å²) >= 11 is 0. The number of anilines is 2. The lowest BCUT2D eigenvalue weighted by Crippen LogP contribution is -2.37. The van der Waals surface area contributed by atoms with Crippen molar-refractivity contribution in [2.24, 2.45) is 5.84 Å². The van der Waals surface area contributed by atoms with Gasteiger partial charge >= 0.3 is 0 Å². The van der Waals surface area contributed by atoms with Crippen LogP contribution in [-0.2, 0) is 5.41 Å². The molecule has 0 atom stereocenters. The maximum atomic E-state index is 6.20. The molecule has 3 aromatic carbocycles. The van der Waals surface area contributed by atoms with Crippen LogP contribution >= 0.6 is 0 Å². The minimum absolute atomic E-state index is 0.228. The number of hydrogen-bond donors (Lipinski definition) is 1. The smallest absolute Gasteiger partial charge is 0.146 e. The Balaban J connectivity index is 1.82. The summed E-state index contributed by atoms with van der Waals surface area (Å²) < 4.78 is 0. The molecule has 2 N–H and O–H groups in total. The van der Waals surface area contributed by atoms with E-state index in [2.05, 4.69) is 92.0 Å². The second-order valence-corrected chi connectivity index (χ2v) is 7.18. The first kappa shape index (κ1) is 16.4. The number of benzene rings is 3. The van der Waals surface area contributed by atoms with E-state index in [9.17, 15) is 0 Å². The summed E-state index contributed by atoms with van der Waals surface area (Å²) in [7, 11) is 0. The van der Waals surface area contributed by atoms with Crippen molar-refractivity contribution in [3.8, 4) is 0 Å². The summed E-state index contributed by atoms with van der Waals surface area (Å²) in [6.07, 6.45) is 0. The Morgan fingerprint density at radius 2 is 1.44 bits per heavy atom. The third-order valence-electron chi connectivity index (χ3n) is 5.97. The maximum Gasteiger partial charge on any atom is 0.146 e. The van der Waals surface area contributed by atoms with Crippen molar-refractivity contribution in [3.05, 3.63) is 101 Å². The number of fused-ring (bicyclic) bond motifs is 3. The van der Waals surface area contributed by atoms with Gasteiger partial charge in [0, 0.05) is 35.5 Å². The topological polar surface area (TPSA) is 32.5 Å². The predicted octanol–water partition coefficient (Wildman–Crippen LogP) is 4.31. The second kappa shape index (κ2) is 5.86. The first-order valence-electron chi connectivity index (χ1n) is 9.62. The summed E-state index contributed by atoms with van der Waals surface area (Å²) in [6.45, 7) is 9.62. The normalized spacial score (nSPS) is 15.6. The molecule has 0 saturated heterocycles. The molecule has 2 aliphatic rings. The van der Waals surface area contributed by atoms with Crippen LogP contribution in [0.2, 0.25) is 0 Å². The quantitative estimate of drug-likeness (QED) is 0.543. The average molecular weight is 353 g/mol. The van der Waals surface area contributed by atoms with Crippen molar-refractivity contribution in [3.63, 3.8) is 0 Å². The fourth-order valence-electron chi connectivity index (χ4n) is 4.71. The minimum atomic E-state index is -0.228. The van der Waals surface area contributed by atoms with Gasteiger partial charge in [-0.15, -0.1) is 0 Å². The molecule has 0 spiro atoms. The third-order valence-corrected chi connectivity index (χ3v) is 5.97. The highest BCUT2D eigenvalue weighted by atomic mass is 15.4. The van der Waals surface area contributed by atoms with E-state index in [1.165, 1.54) is 27.9 Å². The second-order valence-electron chi connectivity index (χ2n) is 7.18. The van der Waals surface area contributed by atoms with Crippen molar-refractivity contribution in [1.29, 1.82) is 0 Å². The van der Waals surface area contributed by atoms with E-state index in [-0.39, 0.29) is 5.41 Å². The first-order valence-corrected chi connectivity index (χ1v) is 9.62. The van der Waals surface area contributed by atoms with Gasteiger partial charge in [0.1, 0.15) is 6.54 Å². The van der Waals surface area contributed by atoms with Crippen LogP contribution in [0.5, 0.6) is 0 Å². The molecular formula is C24H23N3. The molecule has 134 valence electrons. The molecule has 0 saturated carbocycles. The van der Waals surface area contributed by atoms with Crippen molar-refractivity contribution in [2.75, 3.05) is 23.0 Å². The fraction of sp³-hybridized carbons (Fsp3) is 0.208. The summed E-state index contributed by atoms with van der Waals surface area (Å²) in [6, 6.07) is 23.9. The van der Waals surface area contributed by atoms with E-state index in [4.69, 9.17) is 5.84 Å². The van der Waals surface area contributed by atoms with E-state index in [0.717, 1.165) is 24.3 Å². The summed E-state index contributed by atoms with van der Waals surface area (Å²) in [5, 5.41) is 1.66. The zero-order valence-corrected chi connectivity index (χ0v) is 15.7. The van der Waals surface area contributed by atoms with Crippen LogP contribution in [0.1, 0.15) is 41.7 Å². The largest absolute Gasteiger partial charge is 0.372 e. The van der Waals surface area contributed by atoms with Gasteiger partial charge in [-0.3, -0.25) is 5.01 Å². The average Bonchev–Trinajstić information content (AvgIpc) is 3.38. The third kappa shape index (κ3) is 2.06. The molecule has 1 aliphatic carbocycles. The monoisotopic (exact) mass is 353 g/mol. The molecule has 2 radical (unpaired) electrons. The lowest BCUT2D eigenvalue weighted by Gasteiger charge is -2.32. The molecular weight excluding hydrogens is 330 g/mol. The highest BCUT2D eigenvalue weighted by molar-refractivity contribution is 5.95. The van der Waals surface area contributed by atoms with Crippen LogP contribution in [0.15, 0.2) is 66.7 Å². The Hall–Kier alpha value is -2.78. The molecule has 3 heteroatoms. The van der Waals surface area contributed by atoms with Gasteiger partial charge in [-0.05, 0) is 31.0 Å². The van der Waals surface area contributed by atoms with Gasteiger partial charge in [0.25, 0.3) is 0 Å². The van der Waals surface area contributed by atoms with Gasteiger partial charge in [-0.2, -0.15) is 0 Å². The number of nitrogens with zero attached hydrogens (tertiary/aromatic N) is 2. The van der Waals surface area contributed by atoms with Crippen LogP contribution in [0.3, 0.4) is 0 Å². The Morgan fingerprint density at radius 1 is 0.889 bits per heavy atom. The zero-order chi connectivity index (χ0) is 18.6. The molecule has 0 fully saturated rings. The van der Waals surface area contributed by atoms with E-state index in [1.807, 2.05) is 0 Å². The summed E-state index contributed by atoms with van der Waals surface area (Å²) in [4.78, 5) is 2.44. The summed E-state index contributed by atoms with van der Waals surface area (Å²) in [5.74, 6) is 6.20. The van der Waals surface area contributed by atoms with Gasteiger partial charge in [-0.1, -0.05) is 60.7 Å². The van der Waals surface area contributed by atoms with Gasteiger partial charge in [0.2, 0.25) is 0 Å². The van der Waals surface area contributed by atoms with E-state index in [1.54, 1.807) is 5.01 Å². The Labute approximate surface area is 161 Å².